The van der Waals surface area contributed by atoms with Crippen LogP contribution in [-0.2, 0) is 16.0 Å². The van der Waals surface area contributed by atoms with Crippen molar-refractivity contribution in [2.75, 3.05) is 6.61 Å². The minimum Gasteiger partial charge on any atom is -0.466 e. The third kappa shape index (κ3) is 3.06. The first kappa shape index (κ1) is 11.2. The Morgan fingerprint density at radius 2 is 2.40 bits per heavy atom. The highest BCUT2D eigenvalue weighted by molar-refractivity contribution is 5.72. The van der Waals surface area contributed by atoms with E-state index < -0.39 is 0 Å². The summed E-state index contributed by atoms with van der Waals surface area (Å²) in [6, 6.07) is 3.70. The molecule has 0 saturated heterocycles. The molecule has 0 bridgehead atoms. The molecule has 0 radical (unpaired) electrons. The predicted molar refractivity (Wildman–Crippen MR) is 54.0 cm³/mol. The SMILES string of the molecule is CCOC(=O)Cc1ncc(C#N)cc1C. The standard InChI is InChI=1S/C11H12N2O2/c1-3-15-11(14)5-10-8(2)4-9(6-12)7-13-10/h4,7H,3,5H2,1-2H3. The Balaban J connectivity index is 2.79. The lowest BCUT2D eigenvalue weighted by Gasteiger charge is -2.04. The zero-order chi connectivity index (χ0) is 11.3. The number of nitrogens with zero attached hydrogens (tertiary/aromatic N) is 2. The van der Waals surface area contributed by atoms with E-state index >= 15 is 0 Å². The van der Waals surface area contributed by atoms with Gasteiger partial charge in [-0.15, -0.1) is 0 Å². The van der Waals surface area contributed by atoms with Crippen molar-refractivity contribution >= 4 is 5.97 Å². The Labute approximate surface area is 88.5 Å². The van der Waals surface area contributed by atoms with E-state index in [4.69, 9.17) is 10.00 Å². The third-order valence-electron chi connectivity index (χ3n) is 1.93. The molecule has 0 aliphatic heterocycles. The van der Waals surface area contributed by atoms with Gasteiger partial charge in [0.15, 0.2) is 0 Å². The second-order valence-corrected chi connectivity index (χ2v) is 3.08. The molecule has 1 rings (SSSR count). The van der Waals surface area contributed by atoms with Gasteiger partial charge in [-0.05, 0) is 25.5 Å². The second kappa shape index (κ2) is 5.11. The van der Waals surface area contributed by atoms with Crippen LogP contribution in [0.3, 0.4) is 0 Å². The van der Waals surface area contributed by atoms with Crippen LogP contribution < -0.4 is 0 Å². The molecule has 0 spiro atoms. The van der Waals surface area contributed by atoms with Crippen LogP contribution in [0.2, 0.25) is 0 Å². The van der Waals surface area contributed by atoms with Crippen LogP contribution in [0.25, 0.3) is 0 Å². The van der Waals surface area contributed by atoms with Crippen molar-refractivity contribution in [2.45, 2.75) is 20.3 Å². The molecule has 15 heavy (non-hydrogen) atoms. The molecule has 0 unspecified atom stereocenters. The summed E-state index contributed by atoms with van der Waals surface area (Å²) in [4.78, 5) is 15.2. The van der Waals surface area contributed by atoms with E-state index in [1.54, 1.807) is 13.0 Å². The summed E-state index contributed by atoms with van der Waals surface area (Å²) in [5.41, 5.74) is 2.00. The maximum atomic E-state index is 11.2. The number of rotatable bonds is 3. The molecule has 0 aliphatic rings. The summed E-state index contributed by atoms with van der Waals surface area (Å²) in [6.07, 6.45) is 1.62. The highest BCUT2D eigenvalue weighted by Gasteiger charge is 2.08. The summed E-state index contributed by atoms with van der Waals surface area (Å²) < 4.78 is 4.81. The quantitative estimate of drug-likeness (QED) is 0.697. The zero-order valence-corrected chi connectivity index (χ0v) is 8.78. The highest BCUT2D eigenvalue weighted by atomic mass is 16.5. The van der Waals surface area contributed by atoms with Gasteiger partial charge in [-0.3, -0.25) is 9.78 Å². The van der Waals surface area contributed by atoms with Gasteiger partial charge in [0.25, 0.3) is 0 Å². The van der Waals surface area contributed by atoms with Crippen molar-refractivity contribution in [1.82, 2.24) is 4.98 Å². The number of esters is 1. The smallest absolute Gasteiger partial charge is 0.311 e. The number of hydrogen-bond donors (Lipinski definition) is 0. The molecule has 0 saturated carbocycles. The van der Waals surface area contributed by atoms with Gasteiger partial charge >= 0.3 is 5.97 Å². The fraction of sp³-hybridized carbons (Fsp3) is 0.364. The van der Waals surface area contributed by atoms with Gasteiger partial charge in [-0.1, -0.05) is 0 Å². The van der Waals surface area contributed by atoms with Crippen LogP contribution in [0, 0.1) is 18.3 Å². The number of pyridine rings is 1. The van der Waals surface area contributed by atoms with Crippen LogP contribution in [-0.4, -0.2) is 17.6 Å². The van der Waals surface area contributed by atoms with E-state index in [0.29, 0.717) is 17.9 Å². The van der Waals surface area contributed by atoms with Crippen LogP contribution in [0.5, 0.6) is 0 Å². The van der Waals surface area contributed by atoms with Gasteiger partial charge in [-0.25, -0.2) is 0 Å². The van der Waals surface area contributed by atoms with Crippen LogP contribution in [0.4, 0.5) is 0 Å². The Morgan fingerprint density at radius 3 is 2.93 bits per heavy atom. The van der Waals surface area contributed by atoms with E-state index in [1.165, 1.54) is 6.20 Å². The van der Waals surface area contributed by atoms with Gasteiger partial charge in [0, 0.05) is 6.20 Å². The van der Waals surface area contributed by atoms with E-state index in [2.05, 4.69) is 4.98 Å². The number of aromatic nitrogens is 1. The van der Waals surface area contributed by atoms with Crippen molar-refractivity contribution in [3.05, 3.63) is 29.1 Å². The van der Waals surface area contributed by atoms with Gasteiger partial charge < -0.3 is 4.74 Å². The highest BCUT2D eigenvalue weighted by Crippen LogP contribution is 2.08. The van der Waals surface area contributed by atoms with Crippen molar-refractivity contribution in [3.8, 4) is 6.07 Å². The predicted octanol–water partition coefficient (Wildman–Crippen LogP) is 1.37. The molecule has 1 aromatic heterocycles. The first-order valence-electron chi connectivity index (χ1n) is 4.68. The normalized spacial score (nSPS) is 9.40. The minimum absolute atomic E-state index is 0.158. The molecule has 0 N–H and O–H groups in total. The number of carbonyl (C=O) groups excluding carboxylic acids is 1. The molecule has 0 atom stereocenters. The lowest BCUT2D eigenvalue weighted by molar-refractivity contribution is -0.142. The van der Waals surface area contributed by atoms with E-state index in [9.17, 15) is 4.79 Å². The Hall–Kier alpha value is -1.89. The maximum absolute atomic E-state index is 11.2. The molecular weight excluding hydrogens is 192 g/mol. The Kier molecular flexibility index (Phi) is 3.81. The van der Waals surface area contributed by atoms with Crippen molar-refractivity contribution < 1.29 is 9.53 Å². The average Bonchev–Trinajstić information content (AvgIpc) is 2.21. The number of carbonyl (C=O) groups is 1. The number of nitriles is 1. The van der Waals surface area contributed by atoms with Crippen LogP contribution in [0.15, 0.2) is 12.3 Å². The van der Waals surface area contributed by atoms with Gasteiger partial charge in [0.05, 0.1) is 24.3 Å². The summed E-state index contributed by atoms with van der Waals surface area (Å²) in [5.74, 6) is -0.294. The largest absolute Gasteiger partial charge is 0.466 e. The number of ether oxygens (including phenoxy) is 1. The first-order chi connectivity index (χ1) is 7.17. The average molecular weight is 204 g/mol. The molecule has 0 aliphatic carbocycles. The van der Waals surface area contributed by atoms with Crippen molar-refractivity contribution in [1.29, 1.82) is 5.26 Å². The molecule has 1 heterocycles. The summed E-state index contributed by atoms with van der Waals surface area (Å²) >= 11 is 0. The molecule has 0 amide bonds. The van der Waals surface area contributed by atoms with Gasteiger partial charge in [0.2, 0.25) is 0 Å². The summed E-state index contributed by atoms with van der Waals surface area (Å²) in [5, 5.41) is 8.64. The molecule has 1 aromatic rings. The molecule has 0 aromatic carbocycles. The van der Waals surface area contributed by atoms with E-state index in [1.807, 2.05) is 13.0 Å². The Morgan fingerprint density at radius 1 is 1.67 bits per heavy atom. The fourth-order valence-electron chi connectivity index (χ4n) is 1.20. The summed E-state index contributed by atoms with van der Waals surface area (Å²) in [6.45, 7) is 3.95. The fourth-order valence-corrected chi connectivity index (χ4v) is 1.20. The number of hydrogen-bond acceptors (Lipinski definition) is 4. The first-order valence-corrected chi connectivity index (χ1v) is 4.68. The molecular formula is C11H12N2O2. The molecule has 4 nitrogen and oxygen atoms in total. The van der Waals surface area contributed by atoms with Gasteiger partial charge in [0.1, 0.15) is 6.07 Å². The lowest BCUT2D eigenvalue weighted by Crippen LogP contribution is -2.10. The minimum atomic E-state index is -0.294. The van der Waals surface area contributed by atoms with Crippen LogP contribution >= 0.6 is 0 Å². The monoisotopic (exact) mass is 204 g/mol. The zero-order valence-electron chi connectivity index (χ0n) is 8.78. The molecule has 4 heteroatoms. The van der Waals surface area contributed by atoms with E-state index in [-0.39, 0.29) is 12.4 Å². The van der Waals surface area contributed by atoms with E-state index in [0.717, 1.165) is 5.56 Å². The second-order valence-electron chi connectivity index (χ2n) is 3.08. The molecule has 78 valence electrons. The van der Waals surface area contributed by atoms with Crippen molar-refractivity contribution in [3.63, 3.8) is 0 Å². The lowest BCUT2D eigenvalue weighted by atomic mass is 10.1. The van der Waals surface area contributed by atoms with Crippen molar-refractivity contribution in [2.24, 2.45) is 0 Å². The Bertz CT molecular complexity index is 408. The summed E-state index contributed by atoms with van der Waals surface area (Å²) in [7, 11) is 0. The van der Waals surface area contributed by atoms with Crippen LogP contribution in [0.1, 0.15) is 23.7 Å². The third-order valence-corrected chi connectivity index (χ3v) is 1.93. The number of aryl methyl sites for hydroxylation is 1. The van der Waals surface area contributed by atoms with Gasteiger partial charge in [-0.2, -0.15) is 5.26 Å². The topological polar surface area (TPSA) is 63.0 Å². The maximum Gasteiger partial charge on any atom is 0.311 e. The molecule has 0 fully saturated rings.